The van der Waals surface area contributed by atoms with E-state index in [1.165, 1.54) is 6.07 Å². The van der Waals surface area contributed by atoms with Gasteiger partial charge in [0.1, 0.15) is 18.0 Å². The van der Waals surface area contributed by atoms with E-state index in [0.29, 0.717) is 11.6 Å². The zero-order valence-corrected chi connectivity index (χ0v) is 20.5. The summed E-state index contributed by atoms with van der Waals surface area (Å²) in [6.45, 7) is 2.17. The van der Waals surface area contributed by atoms with Crippen molar-refractivity contribution in [1.29, 1.82) is 0 Å². The van der Waals surface area contributed by atoms with Crippen LogP contribution in [-0.4, -0.2) is 42.6 Å². The molecule has 0 unspecified atom stereocenters. The van der Waals surface area contributed by atoms with Gasteiger partial charge in [0, 0.05) is 42.3 Å². The number of nitrogens with zero attached hydrogens (tertiary/aromatic N) is 5. The first-order valence-electron chi connectivity index (χ1n) is 12.5. The van der Waals surface area contributed by atoms with E-state index in [1.54, 1.807) is 17.1 Å². The standard InChI is InChI=1S/C28H29FN6O/c1-17-11-23(34(2)33-17)14-27(36)35(22-7-8-22)15-20-12-18(3-9-25(20)29)19-4-10-26-24(13-19)28(31-16-30-26)32-21-5-6-21/h3-4,9-13,16,21-22H,5-8,14-15H2,1-2H3,(H,30,31,32). The lowest BCUT2D eigenvalue weighted by Gasteiger charge is -2.23. The summed E-state index contributed by atoms with van der Waals surface area (Å²) < 4.78 is 16.7. The molecule has 2 aromatic carbocycles. The van der Waals surface area contributed by atoms with Gasteiger partial charge >= 0.3 is 0 Å². The Labute approximate surface area is 209 Å². The molecule has 4 aromatic rings. The van der Waals surface area contributed by atoms with Crippen LogP contribution in [0.1, 0.15) is 42.6 Å². The molecule has 0 bridgehead atoms. The van der Waals surface area contributed by atoms with Crippen LogP contribution in [0, 0.1) is 12.7 Å². The second-order valence-electron chi connectivity index (χ2n) is 10.0. The molecule has 2 saturated carbocycles. The van der Waals surface area contributed by atoms with Crippen LogP contribution in [0.15, 0.2) is 48.8 Å². The molecule has 8 heteroatoms. The highest BCUT2D eigenvalue weighted by Gasteiger charge is 2.33. The minimum absolute atomic E-state index is 0.00366. The van der Waals surface area contributed by atoms with E-state index in [1.807, 2.05) is 43.1 Å². The monoisotopic (exact) mass is 484 g/mol. The number of anilines is 1. The average molecular weight is 485 g/mol. The smallest absolute Gasteiger partial charge is 0.229 e. The van der Waals surface area contributed by atoms with Crippen molar-refractivity contribution in [1.82, 2.24) is 24.6 Å². The fraction of sp³-hybridized carbons (Fsp3) is 0.357. The molecule has 0 spiro atoms. The second kappa shape index (κ2) is 9.00. The Balaban J connectivity index is 1.28. The predicted molar refractivity (Wildman–Crippen MR) is 137 cm³/mol. The van der Waals surface area contributed by atoms with E-state index in [2.05, 4.69) is 26.4 Å². The first-order chi connectivity index (χ1) is 17.4. The maximum absolute atomic E-state index is 15.0. The van der Waals surface area contributed by atoms with E-state index in [-0.39, 0.29) is 30.7 Å². The highest BCUT2D eigenvalue weighted by molar-refractivity contribution is 5.92. The summed E-state index contributed by atoms with van der Waals surface area (Å²) in [6, 6.07) is 13.8. The molecule has 2 aromatic heterocycles. The van der Waals surface area contributed by atoms with E-state index in [4.69, 9.17) is 0 Å². The van der Waals surface area contributed by atoms with E-state index >= 15 is 0 Å². The topological polar surface area (TPSA) is 75.9 Å². The molecule has 0 saturated heterocycles. The molecule has 1 amide bonds. The lowest BCUT2D eigenvalue weighted by atomic mass is 10.0. The zero-order chi connectivity index (χ0) is 24.8. The van der Waals surface area contributed by atoms with Gasteiger partial charge in [-0.3, -0.25) is 9.48 Å². The number of aryl methyl sites for hydroxylation is 2. The second-order valence-corrected chi connectivity index (χ2v) is 10.0. The van der Waals surface area contributed by atoms with Crippen LogP contribution in [0.2, 0.25) is 0 Å². The zero-order valence-electron chi connectivity index (χ0n) is 20.5. The Bertz CT molecular complexity index is 1460. The Morgan fingerprint density at radius 1 is 1.08 bits per heavy atom. The molecular weight excluding hydrogens is 455 g/mol. The Hall–Kier alpha value is -3.81. The van der Waals surface area contributed by atoms with E-state index in [9.17, 15) is 9.18 Å². The predicted octanol–water partition coefficient (Wildman–Crippen LogP) is 4.79. The molecule has 2 fully saturated rings. The molecular formula is C28H29FN6O. The van der Waals surface area contributed by atoms with Crippen LogP contribution in [0.3, 0.4) is 0 Å². The molecule has 7 nitrogen and oxygen atoms in total. The number of carbonyl (C=O) groups excluding carboxylic acids is 1. The third-order valence-electron chi connectivity index (χ3n) is 7.01. The van der Waals surface area contributed by atoms with Crippen LogP contribution in [0.4, 0.5) is 10.2 Å². The van der Waals surface area contributed by atoms with Crippen molar-refractivity contribution in [3.05, 3.63) is 71.6 Å². The average Bonchev–Trinajstić information content (AvgIpc) is 3.79. The highest BCUT2D eigenvalue weighted by atomic mass is 19.1. The van der Waals surface area contributed by atoms with Crippen molar-refractivity contribution < 1.29 is 9.18 Å². The van der Waals surface area contributed by atoms with Gasteiger partial charge in [-0.1, -0.05) is 12.1 Å². The van der Waals surface area contributed by atoms with Crippen molar-refractivity contribution in [3.8, 4) is 11.1 Å². The van der Waals surface area contributed by atoms with Gasteiger partial charge < -0.3 is 10.2 Å². The first kappa shape index (κ1) is 22.6. The lowest BCUT2D eigenvalue weighted by Crippen LogP contribution is -2.34. The van der Waals surface area contributed by atoms with E-state index < -0.39 is 0 Å². The number of benzene rings is 2. The van der Waals surface area contributed by atoms with Crippen molar-refractivity contribution in [2.75, 3.05) is 5.32 Å². The molecule has 2 aliphatic carbocycles. The lowest BCUT2D eigenvalue weighted by molar-refractivity contribution is -0.131. The molecule has 2 aliphatic rings. The van der Waals surface area contributed by atoms with Crippen LogP contribution in [0.25, 0.3) is 22.0 Å². The van der Waals surface area contributed by atoms with E-state index in [0.717, 1.165) is 64.9 Å². The van der Waals surface area contributed by atoms with Gasteiger partial charge in [-0.25, -0.2) is 14.4 Å². The molecule has 0 aliphatic heterocycles. The van der Waals surface area contributed by atoms with Crippen LogP contribution >= 0.6 is 0 Å². The van der Waals surface area contributed by atoms with Gasteiger partial charge in [-0.05, 0) is 74.1 Å². The summed E-state index contributed by atoms with van der Waals surface area (Å²) in [5, 5.41) is 8.78. The van der Waals surface area contributed by atoms with Crippen LogP contribution < -0.4 is 5.32 Å². The first-order valence-corrected chi connectivity index (χ1v) is 12.5. The minimum atomic E-state index is -0.297. The maximum atomic E-state index is 15.0. The maximum Gasteiger partial charge on any atom is 0.229 e. The van der Waals surface area contributed by atoms with Crippen LogP contribution in [-0.2, 0) is 24.8 Å². The summed E-state index contributed by atoms with van der Waals surface area (Å²) >= 11 is 0. The quantitative estimate of drug-likeness (QED) is 0.389. The van der Waals surface area contributed by atoms with Gasteiger partial charge in [-0.2, -0.15) is 5.10 Å². The molecule has 1 N–H and O–H groups in total. The highest BCUT2D eigenvalue weighted by Crippen LogP contribution is 2.33. The van der Waals surface area contributed by atoms with Gasteiger partial charge in [0.05, 0.1) is 17.6 Å². The molecule has 0 radical (unpaired) electrons. The SMILES string of the molecule is Cc1cc(CC(=O)N(Cc2cc(-c3ccc4ncnc(NC5CC5)c4c3)ccc2F)C2CC2)n(C)n1. The van der Waals surface area contributed by atoms with Gasteiger partial charge in [-0.15, -0.1) is 0 Å². The number of rotatable bonds is 8. The largest absolute Gasteiger partial charge is 0.367 e. The molecule has 0 atom stereocenters. The third kappa shape index (κ3) is 4.67. The number of aromatic nitrogens is 4. The van der Waals surface area contributed by atoms with Crippen molar-refractivity contribution in [2.45, 2.75) is 57.7 Å². The van der Waals surface area contributed by atoms with Crippen molar-refractivity contribution in [3.63, 3.8) is 0 Å². The van der Waals surface area contributed by atoms with Gasteiger partial charge in [0.25, 0.3) is 0 Å². The van der Waals surface area contributed by atoms with Crippen LogP contribution in [0.5, 0.6) is 0 Å². The summed E-state index contributed by atoms with van der Waals surface area (Å²) in [5.74, 6) is 0.542. The molecule has 2 heterocycles. The number of halogens is 1. The number of carbonyl (C=O) groups is 1. The summed E-state index contributed by atoms with van der Waals surface area (Å²) in [6.07, 6.45) is 6.07. The number of amides is 1. The number of nitrogens with one attached hydrogen (secondary N) is 1. The van der Waals surface area contributed by atoms with Gasteiger partial charge in [0.2, 0.25) is 5.91 Å². The third-order valence-corrected chi connectivity index (χ3v) is 7.01. The minimum Gasteiger partial charge on any atom is -0.367 e. The fourth-order valence-corrected chi connectivity index (χ4v) is 4.72. The van der Waals surface area contributed by atoms with Crippen molar-refractivity contribution in [2.24, 2.45) is 7.05 Å². The van der Waals surface area contributed by atoms with Crippen molar-refractivity contribution >= 4 is 22.6 Å². The Morgan fingerprint density at radius 3 is 2.58 bits per heavy atom. The fourth-order valence-electron chi connectivity index (χ4n) is 4.72. The normalized spacial score (nSPS) is 15.3. The number of hydrogen-bond donors (Lipinski definition) is 1. The Kier molecular flexibility index (Phi) is 5.66. The van der Waals surface area contributed by atoms with Gasteiger partial charge in [0.15, 0.2) is 0 Å². The molecule has 6 rings (SSSR count). The summed E-state index contributed by atoms with van der Waals surface area (Å²) in [7, 11) is 1.85. The molecule has 184 valence electrons. The number of hydrogen-bond acceptors (Lipinski definition) is 5. The summed E-state index contributed by atoms with van der Waals surface area (Å²) in [4.78, 5) is 23.9. The molecule has 36 heavy (non-hydrogen) atoms. The summed E-state index contributed by atoms with van der Waals surface area (Å²) in [5.41, 5.74) is 5.01. The Morgan fingerprint density at radius 2 is 1.86 bits per heavy atom. The number of fused-ring (bicyclic) bond motifs is 1.